The van der Waals surface area contributed by atoms with Gasteiger partial charge in [0.25, 0.3) is 0 Å². The van der Waals surface area contributed by atoms with Crippen LogP contribution in [0.1, 0.15) is 12.5 Å². The van der Waals surface area contributed by atoms with Gasteiger partial charge in [0.1, 0.15) is 11.6 Å². The van der Waals surface area contributed by atoms with Crippen molar-refractivity contribution in [1.82, 2.24) is 4.90 Å². The van der Waals surface area contributed by atoms with Crippen molar-refractivity contribution in [1.29, 1.82) is 0 Å². The molecular weight excluding hydrogens is 380 g/mol. The largest absolute Gasteiger partial charge is 0.366 e. The molecule has 0 heterocycles. The standard InChI is InChI=1S/C18H20ClF2N3OS/c1-5-24(3)11-22-17-6-12(2)18(10-16(17)19)26(4,25)23-15-8-13(20)7-14(21)9-15/h6-11H,5H2,1-4H3/b22-11-. The Bertz CT molecular complexity index is 949. The number of aliphatic imine (C=N–C) groups is 1. The first kappa shape index (κ1) is 20.3. The lowest BCUT2D eigenvalue weighted by Gasteiger charge is -2.12. The molecule has 4 nitrogen and oxygen atoms in total. The quantitative estimate of drug-likeness (QED) is 0.504. The molecule has 26 heavy (non-hydrogen) atoms. The van der Waals surface area contributed by atoms with Crippen LogP contribution < -0.4 is 0 Å². The highest BCUT2D eigenvalue weighted by Gasteiger charge is 2.14. The topological polar surface area (TPSA) is 45.0 Å². The van der Waals surface area contributed by atoms with E-state index in [1.807, 2.05) is 18.9 Å². The molecule has 0 aliphatic carbocycles. The van der Waals surface area contributed by atoms with Gasteiger partial charge >= 0.3 is 0 Å². The second-order valence-corrected chi connectivity index (χ2v) is 8.54. The van der Waals surface area contributed by atoms with E-state index in [0.717, 1.165) is 24.7 Å². The second kappa shape index (κ2) is 8.14. The molecule has 0 fully saturated rings. The summed E-state index contributed by atoms with van der Waals surface area (Å²) in [5.41, 5.74) is 1.19. The minimum Gasteiger partial charge on any atom is -0.366 e. The fourth-order valence-corrected chi connectivity index (χ4v) is 4.12. The van der Waals surface area contributed by atoms with Crippen molar-refractivity contribution in [3.05, 3.63) is 52.6 Å². The Morgan fingerprint density at radius 1 is 1.19 bits per heavy atom. The first-order valence-electron chi connectivity index (χ1n) is 7.85. The molecule has 0 bridgehead atoms. The van der Waals surface area contributed by atoms with Crippen molar-refractivity contribution >= 4 is 39.0 Å². The summed E-state index contributed by atoms with van der Waals surface area (Å²) >= 11 is 6.27. The van der Waals surface area contributed by atoms with Gasteiger partial charge in [-0.3, -0.25) is 0 Å². The van der Waals surface area contributed by atoms with Gasteiger partial charge in [0.15, 0.2) is 0 Å². The van der Waals surface area contributed by atoms with Gasteiger partial charge in [0.05, 0.1) is 37.4 Å². The van der Waals surface area contributed by atoms with Crippen LogP contribution in [0.2, 0.25) is 5.02 Å². The molecule has 1 unspecified atom stereocenters. The van der Waals surface area contributed by atoms with Crippen LogP contribution in [-0.4, -0.2) is 35.3 Å². The van der Waals surface area contributed by atoms with Gasteiger partial charge in [-0.1, -0.05) is 11.6 Å². The SMILES string of the molecule is CCN(C)/C=N\c1cc(C)c(S(C)(=O)=Nc2cc(F)cc(F)c2)cc1Cl. The molecule has 0 N–H and O–H groups in total. The number of benzene rings is 2. The van der Waals surface area contributed by atoms with Crippen LogP contribution in [-0.2, 0) is 9.73 Å². The van der Waals surface area contributed by atoms with Gasteiger partial charge in [-0.05, 0) is 31.5 Å². The third-order valence-electron chi connectivity index (χ3n) is 3.67. The first-order valence-corrected chi connectivity index (χ1v) is 10.2. The van der Waals surface area contributed by atoms with Crippen LogP contribution >= 0.6 is 11.6 Å². The van der Waals surface area contributed by atoms with Crippen LogP contribution in [0.25, 0.3) is 0 Å². The molecule has 0 amide bonds. The highest BCUT2D eigenvalue weighted by atomic mass is 35.5. The van der Waals surface area contributed by atoms with E-state index < -0.39 is 21.4 Å². The molecule has 140 valence electrons. The predicted octanol–water partition coefficient (Wildman–Crippen LogP) is 5.33. The van der Waals surface area contributed by atoms with Crippen molar-refractivity contribution in [3.8, 4) is 0 Å². The smallest absolute Gasteiger partial charge is 0.128 e. The van der Waals surface area contributed by atoms with Crippen LogP contribution in [0.4, 0.5) is 20.2 Å². The van der Waals surface area contributed by atoms with Gasteiger partial charge in [-0.2, -0.15) is 4.36 Å². The van der Waals surface area contributed by atoms with E-state index in [4.69, 9.17) is 11.6 Å². The highest BCUT2D eigenvalue weighted by Crippen LogP contribution is 2.32. The minimum atomic E-state index is -2.96. The normalized spacial score (nSPS) is 13.7. The Morgan fingerprint density at radius 3 is 2.38 bits per heavy atom. The Hall–Kier alpha value is -1.99. The van der Waals surface area contributed by atoms with E-state index in [1.54, 1.807) is 19.3 Å². The monoisotopic (exact) mass is 399 g/mol. The summed E-state index contributed by atoms with van der Waals surface area (Å²) in [6, 6.07) is 6.04. The summed E-state index contributed by atoms with van der Waals surface area (Å²) in [6.45, 7) is 4.55. The fraction of sp³-hybridized carbons (Fsp3) is 0.278. The molecule has 2 rings (SSSR count). The number of hydrogen-bond donors (Lipinski definition) is 0. The number of halogens is 3. The van der Waals surface area contributed by atoms with Crippen LogP contribution in [0.15, 0.2) is 44.6 Å². The summed E-state index contributed by atoms with van der Waals surface area (Å²) in [7, 11) is -1.07. The summed E-state index contributed by atoms with van der Waals surface area (Å²) in [5.74, 6) is -1.56. The fourth-order valence-electron chi connectivity index (χ4n) is 2.24. The molecule has 0 aromatic heterocycles. The molecule has 0 saturated heterocycles. The molecule has 2 aromatic carbocycles. The maximum atomic E-state index is 13.3. The van der Waals surface area contributed by atoms with Crippen molar-refractivity contribution in [3.63, 3.8) is 0 Å². The zero-order chi connectivity index (χ0) is 19.5. The Morgan fingerprint density at radius 2 is 1.81 bits per heavy atom. The van der Waals surface area contributed by atoms with Crippen LogP contribution in [0.3, 0.4) is 0 Å². The van der Waals surface area contributed by atoms with Crippen molar-refractivity contribution < 1.29 is 13.0 Å². The maximum absolute atomic E-state index is 13.3. The van der Waals surface area contributed by atoms with Crippen molar-refractivity contribution in [2.45, 2.75) is 18.7 Å². The average Bonchev–Trinajstić information content (AvgIpc) is 2.53. The van der Waals surface area contributed by atoms with Gasteiger partial charge in [0, 0.05) is 38.0 Å². The Labute approximate surface area is 157 Å². The lowest BCUT2D eigenvalue weighted by Crippen LogP contribution is -2.14. The molecule has 1 atom stereocenters. The molecule has 8 heteroatoms. The van der Waals surface area contributed by atoms with Crippen molar-refractivity contribution in [2.75, 3.05) is 19.8 Å². The van der Waals surface area contributed by atoms with E-state index in [-0.39, 0.29) is 5.69 Å². The molecule has 0 radical (unpaired) electrons. The van der Waals surface area contributed by atoms with Gasteiger partial charge in [-0.25, -0.2) is 18.0 Å². The molecule has 2 aromatic rings. The zero-order valence-electron chi connectivity index (χ0n) is 15.0. The summed E-state index contributed by atoms with van der Waals surface area (Å²) in [6.07, 6.45) is 3.06. The van der Waals surface area contributed by atoms with Gasteiger partial charge in [-0.15, -0.1) is 0 Å². The molecule has 0 aliphatic heterocycles. The third kappa shape index (κ3) is 5.02. The van der Waals surface area contributed by atoms with Gasteiger partial charge < -0.3 is 4.90 Å². The average molecular weight is 400 g/mol. The van der Waals surface area contributed by atoms with E-state index in [0.29, 0.717) is 21.2 Å². The van der Waals surface area contributed by atoms with Gasteiger partial charge in [0.2, 0.25) is 0 Å². The summed E-state index contributed by atoms with van der Waals surface area (Å²) in [4.78, 5) is 6.60. The van der Waals surface area contributed by atoms with E-state index in [9.17, 15) is 13.0 Å². The predicted molar refractivity (Wildman–Crippen MR) is 103 cm³/mol. The second-order valence-electron chi connectivity index (χ2n) is 5.91. The minimum absolute atomic E-state index is 0.0304. The molecule has 0 saturated carbocycles. The number of rotatable bonds is 5. The third-order valence-corrected chi connectivity index (χ3v) is 5.79. The maximum Gasteiger partial charge on any atom is 0.128 e. The summed E-state index contributed by atoms with van der Waals surface area (Å²) < 4.78 is 43.8. The van der Waals surface area contributed by atoms with Crippen molar-refractivity contribution in [2.24, 2.45) is 9.36 Å². The number of aryl methyl sites for hydroxylation is 1. The van der Waals surface area contributed by atoms with E-state index in [2.05, 4.69) is 9.36 Å². The lowest BCUT2D eigenvalue weighted by atomic mass is 10.2. The first-order chi connectivity index (χ1) is 12.1. The Kier molecular flexibility index (Phi) is 6.36. The number of nitrogens with zero attached hydrogens (tertiary/aromatic N) is 3. The van der Waals surface area contributed by atoms with Crippen LogP contribution in [0.5, 0.6) is 0 Å². The lowest BCUT2D eigenvalue weighted by molar-refractivity contribution is 0.552. The van der Waals surface area contributed by atoms with Crippen LogP contribution in [0, 0.1) is 18.6 Å². The molecule has 0 aliphatic rings. The Balaban J connectivity index is 2.50. The molecule has 0 spiro atoms. The number of hydrogen-bond acceptors (Lipinski definition) is 3. The van der Waals surface area contributed by atoms with E-state index in [1.165, 1.54) is 12.3 Å². The van der Waals surface area contributed by atoms with E-state index >= 15 is 0 Å². The zero-order valence-corrected chi connectivity index (χ0v) is 16.5. The highest BCUT2D eigenvalue weighted by molar-refractivity contribution is 7.93. The summed E-state index contributed by atoms with van der Waals surface area (Å²) in [5, 5.41) is 0.321. The molecular formula is C18H20ClF2N3OS.